The second-order valence-electron chi connectivity index (χ2n) is 5.62. The molecule has 0 amide bonds. The van der Waals surface area contributed by atoms with Crippen molar-refractivity contribution in [1.82, 2.24) is 15.1 Å². The number of rotatable bonds is 6. The first-order valence-corrected chi connectivity index (χ1v) is 7.20. The lowest BCUT2D eigenvalue weighted by atomic mass is 10.2. The van der Waals surface area contributed by atoms with Gasteiger partial charge >= 0.3 is 0 Å². The van der Waals surface area contributed by atoms with Crippen molar-refractivity contribution in [2.45, 2.75) is 46.3 Å². The summed E-state index contributed by atoms with van der Waals surface area (Å²) in [5, 5.41) is 7.47. The van der Waals surface area contributed by atoms with Crippen LogP contribution in [0.5, 0.6) is 11.5 Å². The number of ether oxygens (including phenoxy) is 1. The molecule has 0 saturated heterocycles. The lowest BCUT2D eigenvalue weighted by Crippen LogP contribution is -2.22. The molecule has 0 spiro atoms. The van der Waals surface area contributed by atoms with Gasteiger partial charge in [-0.2, -0.15) is 5.10 Å². The molecule has 4 nitrogen and oxygen atoms in total. The van der Waals surface area contributed by atoms with Crippen LogP contribution in [0.1, 0.15) is 39.3 Å². The third kappa shape index (κ3) is 4.04. The molecule has 0 bridgehead atoms. The zero-order chi connectivity index (χ0) is 15.4. The van der Waals surface area contributed by atoms with Gasteiger partial charge in [0.25, 0.3) is 0 Å². The molecule has 0 atom stereocenters. The Hall–Kier alpha value is -1.88. The number of hydrogen-bond donors (Lipinski definition) is 1. The Morgan fingerprint density at radius 1 is 1.29 bits per heavy atom. The standard InChI is InChI=1S/C16H22FN3O/c1-11(2)18-8-13-6-5-7-15(17)16(13)21-14-9-19-20(10-14)12(3)4/h5-7,9-12,18H,8H2,1-4H3. The molecule has 0 aliphatic rings. The molecular formula is C16H22FN3O. The van der Waals surface area contributed by atoms with E-state index in [1.165, 1.54) is 6.07 Å². The number of nitrogens with zero attached hydrogens (tertiary/aromatic N) is 2. The Balaban J connectivity index is 2.21. The highest BCUT2D eigenvalue weighted by molar-refractivity contribution is 5.38. The van der Waals surface area contributed by atoms with Crippen LogP contribution in [0.3, 0.4) is 0 Å². The first-order chi connectivity index (χ1) is 9.97. The van der Waals surface area contributed by atoms with E-state index in [0.717, 1.165) is 5.56 Å². The summed E-state index contributed by atoms with van der Waals surface area (Å²) in [7, 11) is 0. The van der Waals surface area contributed by atoms with Crippen molar-refractivity contribution in [3.63, 3.8) is 0 Å². The molecular weight excluding hydrogens is 269 g/mol. The van der Waals surface area contributed by atoms with Gasteiger partial charge in [-0.25, -0.2) is 4.39 Å². The molecule has 2 aromatic rings. The fraction of sp³-hybridized carbons (Fsp3) is 0.438. The fourth-order valence-corrected chi connectivity index (χ4v) is 1.89. The predicted molar refractivity (Wildman–Crippen MR) is 81.1 cm³/mol. The Morgan fingerprint density at radius 2 is 2.05 bits per heavy atom. The predicted octanol–water partition coefficient (Wildman–Crippen LogP) is 3.89. The van der Waals surface area contributed by atoms with E-state index in [2.05, 4.69) is 10.4 Å². The summed E-state index contributed by atoms with van der Waals surface area (Å²) >= 11 is 0. The molecule has 0 unspecified atom stereocenters. The van der Waals surface area contributed by atoms with Gasteiger partial charge in [-0.3, -0.25) is 4.68 Å². The molecule has 5 heteroatoms. The summed E-state index contributed by atoms with van der Waals surface area (Å²) in [5.74, 6) is 0.434. The molecule has 0 saturated carbocycles. The van der Waals surface area contributed by atoms with Crippen molar-refractivity contribution in [2.75, 3.05) is 0 Å². The molecule has 2 rings (SSSR count). The molecule has 114 valence electrons. The van der Waals surface area contributed by atoms with Gasteiger partial charge in [0, 0.05) is 24.2 Å². The van der Waals surface area contributed by atoms with Gasteiger partial charge < -0.3 is 10.1 Å². The van der Waals surface area contributed by atoms with E-state index < -0.39 is 0 Å². The highest BCUT2D eigenvalue weighted by atomic mass is 19.1. The SMILES string of the molecule is CC(C)NCc1cccc(F)c1Oc1cnn(C(C)C)c1. The highest BCUT2D eigenvalue weighted by Crippen LogP contribution is 2.28. The van der Waals surface area contributed by atoms with Gasteiger partial charge in [0.1, 0.15) is 0 Å². The zero-order valence-corrected chi connectivity index (χ0v) is 12.9. The van der Waals surface area contributed by atoms with Crippen LogP contribution in [-0.2, 0) is 6.54 Å². The Labute approximate surface area is 124 Å². The third-order valence-electron chi connectivity index (χ3n) is 3.08. The van der Waals surface area contributed by atoms with Crippen LogP contribution in [0.25, 0.3) is 0 Å². The van der Waals surface area contributed by atoms with E-state index in [4.69, 9.17) is 4.74 Å². The summed E-state index contributed by atoms with van der Waals surface area (Å²) < 4.78 is 21.5. The van der Waals surface area contributed by atoms with Crippen molar-refractivity contribution in [1.29, 1.82) is 0 Å². The highest BCUT2D eigenvalue weighted by Gasteiger charge is 2.13. The molecule has 1 aromatic carbocycles. The maximum atomic E-state index is 14.0. The quantitative estimate of drug-likeness (QED) is 0.877. The Kier molecular flexibility index (Phi) is 4.96. The zero-order valence-electron chi connectivity index (χ0n) is 12.9. The average molecular weight is 291 g/mol. The fourth-order valence-electron chi connectivity index (χ4n) is 1.89. The van der Waals surface area contributed by atoms with Crippen LogP contribution in [0.4, 0.5) is 4.39 Å². The maximum Gasteiger partial charge on any atom is 0.167 e. The van der Waals surface area contributed by atoms with Crippen LogP contribution in [0.2, 0.25) is 0 Å². The summed E-state index contributed by atoms with van der Waals surface area (Å²) in [6.07, 6.45) is 3.38. The molecule has 0 aliphatic carbocycles. The van der Waals surface area contributed by atoms with Gasteiger partial charge in [0.2, 0.25) is 0 Å². The molecule has 21 heavy (non-hydrogen) atoms. The van der Waals surface area contributed by atoms with Crippen LogP contribution in [0, 0.1) is 5.82 Å². The molecule has 1 N–H and O–H groups in total. The minimum Gasteiger partial charge on any atom is -0.451 e. The van der Waals surface area contributed by atoms with Gasteiger partial charge in [0.05, 0.1) is 12.4 Å². The van der Waals surface area contributed by atoms with Crippen LogP contribution < -0.4 is 10.1 Å². The van der Waals surface area contributed by atoms with E-state index in [1.807, 2.05) is 33.8 Å². The Morgan fingerprint density at radius 3 is 2.67 bits per heavy atom. The van der Waals surface area contributed by atoms with Crippen LogP contribution in [-0.4, -0.2) is 15.8 Å². The molecule has 0 radical (unpaired) electrons. The van der Waals surface area contributed by atoms with Crippen molar-refractivity contribution in [3.8, 4) is 11.5 Å². The van der Waals surface area contributed by atoms with Gasteiger partial charge in [-0.1, -0.05) is 26.0 Å². The largest absolute Gasteiger partial charge is 0.451 e. The topological polar surface area (TPSA) is 39.1 Å². The smallest absolute Gasteiger partial charge is 0.167 e. The van der Waals surface area contributed by atoms with Crippen molar-refractivity contribution >= 4 is 0 Å². The summed E-state index contributed by atoms with van der Waals surface area (Å²) in [6, 6.07) is 5.52. The molecule has 0 aliphatic heterocycles. The average Bonchev–Trinajstić information content (AvgIpc) is 2.88. The Bertz CT molecular complexity index is 593. The van der Waals surface area contributed by atoms with Crippen LogP contribution in [0.15, 0.2) is 30.6 Å². The number of benzene rings is 1. The maximum absolute atomic E-state index is 14.0. The lowest BCUT2D eigenvalue weighted by Gasteiger charge is -2.13. The summed E-state index contributed by atoms with van der Waals surface area (Å²) in [4.78, 5) is 0. The molecule has 1 heterocycles. The second-order valence-corrected chi connectivity index (χ2v) is 5.62. The first-order valence-electron chi connectivity index (χ1n) is 7.20. The summed E-state index contributed by atoms with van der Waals surface area (Å²) in [6.45, 7) is 8.71. The van der Waals surface area contributed by atoms with Crippen molar-refractivity contribution in [3.05, 3.63) is 42.0 Å². The van der Waals surface area contributed by atoms with Gasteiger partial charge in [-0.05, 0) is 19.9 Å². The number of nitrogens with one attached hydrogen (secondary N) is 1. The molecule has 1 aromatic heterocycles. The van der Waals surface area contributed by atoms with E-state index in [1.54, 1.807) is 23.1 Å². The van der Waals surface area contributed by atoms with E-state index in [9.17, 15) is 4.39 Å². The minimum atomic E-state index is -0.365. The number of halogens is 1. The first kappa shape index (κ1) is 15.5. The number of aromatic nitrogens is 2. The second kappa shape index (κ2) is 6.72. The third-order valence-corrected chi connectivity index (χ3v) is 3.08. The van der Waals surface area contributed by atoms with E-state index in [0.29, 0.717) is 18.3 Å². The van der Waals surface area contributed by atoms with Crippen molar-refractivity contribution < 1.29 is 9.13 Å². The number of para-hydroxylation sites is 1. The van der Waals surface area contributed by atoms with Gasteiger partial charge in [0.15, 0.2) is 17.3 Å². The van der Waals surface area contributed by atoms with E-state index in [-0.39, 0.29) is 17.6 Å². The summed E-state index contributed by atoms with van der Waals surface area (Å²) in [5.41, 5.74) is 0.793. The minimum absolute atomic E-state index is 0.241. The van der Waals surface area contributed by atoms with E-state index >= 15 is 0 Å². The van der Waals surface area contributed by atoms with Crippen LogP contribution >= 0.6 is 0 Å². The van der Waals surface area contributed by atoms with Crippen molar-refractivity contribution in [2.24, 2.45) is 0 Å². The van der Waals surface area contributed by atoms with Gasteiger partial charge in [-0.15, -0.1) is 0 Å². The lowest BCUT2D eigenvalue weighted by molar-refractivity contribution is 0.429. The number of hydrogen-bond acceptors (Lipinski definition) is 3. The normalized spacial score (nSPS) is 11.4. The molecule has 0 fully saturated rings. The monoisotopic (exact) mass is 291 g/mol.